The number of hydrogen-bond donors (Lipinski definition) is 4. The van der Waals surface area contributed by atoms with Crippen LogP contribution in [0.5, 0.6) is 0 Å². The summed E-state index contributed by atoms with van der Waals surface area (Å²) in [5.41, 5.74) is 0. The fourth-order valence-electron chi connectivity index (χ4n) is 8.68. The number of aliphatic hydroxyl groups is 4. The van der Waals surface area contributed by atoms with E-state index in [2.05, 4.69) is 50.3 Å². The first-order valence-electron chi connectivity index (χ1n) is 28.1. The first-order valence-corrected chi connectivity index (χ1v) is 28.1. The molecule has 9 nitrogen and oxygen atoms in total. The van der Waals surface area contributed by atoms with Gasteiger partial charge in [0.1, 0.15) is 30.5 Å². The van der Waals surface area contributed by atoms with Gasteiger partial charge in [0.15, 0.2) is 6.29 Å². The van der Waals surface area contributed by atoms with Gasteiger partial charge < -0.3 is 39.4 Å². The second kappa shape index (κ2) is 48.4. The van der Waals surface area contributed by atoms with Crippen LogP contribution in [0.4, 0.5) is 0 Å². The Morgan fingerprint density at radius 3 is 1.35 bits per heavy atom. The molecule has 1 aliphatic heterocycles. The number of rotatable bonds is 49. The molecule has 1 rings (SSSR count). The average molecular weight is 935 g/mol. The zero-order chi connectivity index (χ0) is 47.8. The van der Waals surface area contributed by atoms with Gasteiger partial charge in [-0.15, -0.1) is 0 Å². The molecule has 66 heavy (non-hydrogen) atoms. The minimum absolute atomic E-state index is 0.116. The summed E-state index contributed by atoms with van der Waals surface area (Å²) in [5, 5.41) is 40.3. The Kier molecular flexibility index (Phi) is 45.8. The Balaban J connectivity index is 2.16. The van der Waals surface area contributed by atoms with E-state index >= 15 is 0 Å². The summed E-state index contributed by atoms with van der Waals surface area (Å²) in [6, 6.07) is 0. The molecule has 388 valence electrons. The Labute approximate surface area is 406 Å². The molecule has 0 saturated carbocycles. The molecule has 0 bridgehead atoms. The minimum Gasteiger partial charge on any atom is -0.457 e. The molecular weight excluding hydrogens is 829 g/mol. The zero-order valence-electron chi connectivity index (χ0n) is 43.0. The van der Waals surface area contributed by atoms with E-state index in [1.807, 2.05) is 0 Å². The number of unbranched alkanes of at least 4 members (excludes halogenated alkanes) is 32. The van der Waals surface area contributed by atoms with Gasteiger partial charge in [0, 0.05) is 13.0 Å². The van der Waals surface area contributed by atoms with Crippen LogP contribution in [0.15, 0.2) is 36.5 Å². The van der Waals surface area contributed by atoms with Crippen LogP contribution in [-0.4, -0.2) is 89.6 Å². The predicted molar refractivity (Wildman–Crippen MR) is 275 cm³/mol. The highest BCUT2D eigenvalue weighted by atomic mass is 16.7. The number of aliphatic hydroxyl groups excluding tert-OH is 4. The van der Waals surface area contributed by atoms with Gasteiger partial charge in [-0.2, -0.15) is 0 Å². The zero-order valence-corrected chi connectivity index (χ0v) is 43.0. The van der Waals surface area contributed by atoms with E-state index in [0.717, 1.165) is 57.8 Å². The van der Waals surface area contributed by atoms with Crippen molar-refractivity contribution >= 4 is 5.97 Å². The summed E-state index contributed by atoms with van der Waals surface area (Å²) in [4.78, 5) is 12.9. The maximum Gasteiger partial charge on any atom is 0.306 e. The van der Waals surface area contributed by atoms with Crippen LogP contribution in [0.1, 0.15) is 258 Å². The van der Waals surface area contributed by atoms with Crippen LogP contribution in [0.3, 0.4) is 0 Å². The first kappa shape index (κ1) is 62.4. The van der Waals surface area contributed by atoms with Crippen molar-refractivity contribution in [3.8, 4) is 0 Å². The van der Waals surface area contributed by atoms with E-state index in [-0.39, 0.29) is 19.2 Å². The summed E-state index contributed by atoms with van der Waals surface area (Å²) in [6.45, 7) is 4.56. The number of allylic oxidation sites excluding steroid dienone is 6. The second-order valence-corrected chi connectivity index (χ2v) is 19.4. The van der Waals surface area contributed by atoms with E-state index in [1.165, 1.54) is 180 Å². The fourth-order valence-corrected chi connectivity index (χ4v) is 8.68. The summed E-state index contributed by atoms with van der Waals surface area (Å²) in [7, 11) is 0. The van der Waals surface area contributed by atoms with Crippen molar-refractivity contribution in [2.45, 2.75) is 295 Å². The molecule has 6 atom stereocenters. The maximum atomic E-state index is 12.9. The van der Waals surface area contributed by atoms with E-state index in [1.54, 1.807) is 0 Å². The van der Waals surface area contributed by atoms with Crippen molar-refractivity contribution in [3.05, 3.63) is 36.5 Å². The number of carbonyl (C=O) groups is 1. The number of ether oxygens (including phenoxy) is 4. The van der Waals surface area contributed by atoms with Gasteiger partial charge in [-0.05, 0) is 51.4 Å². The maximum absolute atomic E-state index is 12.9. The molecule has 0 aromatic rings. The summed E-state index contributed by atoms with van der Waals surface area (Å²) in [5.74, 6) is -0.321. The molecule has 9 heteroatoms. The van der Waals surface area contributed by atoms with Crippen molar-refractivity contribution in [1.82, 2.24) is 0 Å². The SMILES string of the molecule is CCCCC/C=C\C/C=C\C/C=C\CCCCCCCCC(=O)OC(COCCCCCCCCCCCCCCCCCCCCCCCCCC)COC1OC(CO)C(O)C(O)C1O. The lowest BCUT2D eigenvalue weighted by Gasteiger charge is -2.39. The van der Waals surface area contributed by atoms with Gasteiger partial charge in [-0.1, -0.05) is 237 Å². The van der Waals surface area contributed by atoms with Crippen LogP contribution in [0, 0.1) is 0 Å². The Morgan fingerprint density at radius 2 is 0.879 bits per heavy atom. The van der Waals surface area contributed by atoms with Crippen molar-refractivity contribution < 1.29 is 44.2 Å². The van der Waals surface area contributed by atoms with Gasteiger partial charge in [-0.3, -0.25) is 4.79 Å². The van der Waals surface area contributed by atoms with Crippen LogP contribution >= 0.6 is 0 Å². The largest absolute Gasteiger partial charge is 0.457 e. The highest BCUT2D eigenvalue weighted by molar-refractivity contribution is 5.69. The van der Waals surface area contributed by atoms with E-state index in [9.17, 15) is 25.2 Å². The molecule has 0 radical (unpaired) electrons. The second-order valence-electron chi connectivity index (χ2n) is 19.4. The van der Waals surface area contributed by atoms with Crippen molar-refractivity contribution in [1.29, 1.82) is 0 Å². The lowest BCUT2D eigenvalue weighted by atomic mass is 9.99. The van der Waals surface area contributed by atoms with Gasteiger partial charge in [0.2, 0.25) is 0 Å². The standard InChI is InChI=1S/C57H106O9/c1-3-5-7-9-11-13-15-17-19-21-23-24-25-26-27-29-31-33-35-37-39-41-43-45-47-63-49-51(50-64-57-56(62)55(61)54(60)52(48-58)66-57)65-53(59)46-44-42-40-38-36-34-32-30-28-22-20-18-16-14-12-10-8-6-4-2/h12,14,18,20,28,30,51-52,54-58,60-62H,3-11,13,15-17,19,21-27,29,31-50H2,1-2H3/b14-12-,20-18-,30-28-. The normalized spacial score (nSPS) is 19.5. The average Bonchev–Trinajstić information content (AvgIpc) is 3.32. The third-order valence-electron chi connectivity index (χ3n) is 13.1. The smallest absolute Gasteiger partial charge is 0.306 e. The quantitative estimate of drug-likeness (QED) is 0.0267. The Hall–Kier alpha value is -1.59. The van der Waals surface area contributed by atoms with Crippen molar-refractivity contribution in [2.75, 3.05) is 26.4 Å². The monoisotopic (exact) mass is 935 g/mol. The number of hydrogen-bond acceptors (Lipinski definition) is 9. The lowest BCUT2D eigenvalue weighted by Crippen LogP contribution is -2.59. The topological polar surface area (TPSA) is 135 Å². The molecule has 0 aromatic carbocycles. The minimum atomic E-state index is -1.54. The van der Waals surface area contributed by atoms with Gasteiger partial charge in [-0.25, -0.2) is 0 Å². The highest BCUT2D eigenvalue weighted by Gasteiger charge is 2.44. The fraction of sp³-hybridized carbons (Fsp3) is 0.877. The van der Waals surface area contributed by atoms with Gasteiger partial charge >= 0.3 is 5.97 Å². The van der Waals surface area contributed by atoms with Crippen LogP contribution in [0.2, 0.25) is 0 Å². The first-order chi connectivity index (χ1) is 32.4. The molecule has 1 heterocycles. The highest BCUT2D eigenvalue weighted by Crippen LogP contribution is 2.23. The molecule has 0 aliphatic carbocycles. The molecule has 6 unspecified atom stereocenters. The van der Waals surface area contributed by atoms with E-state index < -0.39 is 43.4 Å². The summed E-state index contributed by atoms with van der Waals surface area (Å²) in [6.07, 6.45) is 53.3. The van der Waals surface area contributed by atoms with Crippen LogP contribution in [0.25, 0.3) is 0 Å². The summed E-state index contributed by atoms with van der Waals surface area (Å²) >= 11 is 0. The van der Waals surface area contributed by atoms with Crippen molar-refractivity contribution in [2.24, 2.45) is 0 Å². The van der Waals surface area contributed by atoms with Crippen molar-refractivity contribution in [3.63, 3.8) is 0 Å². The Bertz CT molecular complexity index is 1110. The predicted octanol–water partition coefficient (Wildman–Crippen LogP) is 14.3. The molecule has 0 spiro atoms. The molecule has 1 aliphatic rings. The molecular formula is C57H106O9. The third-order valence-corrected chi connectivity index (χ3v) is 13.1. The molecule has 0 aromatic heterocycles. The lowest BCUT2D eigenvalue weighted by molar-refractivity contribution is -0.305. The number of esters is 1. The van der Waals surface area contributed by atoms with E-state index in [4.69, 9.17) is 18.9 Å². The molecule has 1 saturated heterocycles. The Morgan fingerprint density at radius 1 is 0.485 bits per heavy atom. The van der Waals surface area contributed by atoms with Crippen LogP contribution in [-0.2, 0) is 23.7 Å². The number of carbonyl (C=O) groups excluding carboxylic acids is 1. The molecule has 1 fully saturated rings. The molecule has 0 amide bonds. The van der Waals surface area contributed by atoms with Gasteiger partial charge in [0.05, 0.1) is 19.8 Å². The summed E-state index contributed by atoms with van der Waals surface area (Å²) < 4.78 is 22.9. The van der Waals surface area contributed by atoms with E-state index in [0.29, 0.717) is 13.0 Å². The van der Waals surface area contributed by atoms with Crippen LogP contribution < -0.4 is 0 Å². The van der Waals surface area contributed by atoms with Gasteiger partial charge in [0.25, 0.3) is 0 Å². The third kappa shape index (κ3) is 38.3. The molecule has 4 N–H and O–H groups in total.